The molecule has 138 valence electrons. The summed E-state index contributed by atoms with van der Waals surface area (Å²) in [5.41, 5.74) is 1.11. The van der Waals surface area contributed by atoms with Crippen molar-refractivity contribution in [2.45, 2.75) is 107 Å². The molecule has 0 aliphatic heterocycles. The fourth-order valence-corrected chi connectivity index (χ4v) is 0.866. The SMILES string of the molecule is CC(C)C(C)(C)C.CC(C)NC(C)(C)C.CN(C)C(C)(C)C. The first-order valence-corrected chi connectivity index (χ1v) is 8.75. The second kappa shape index (κ2) is 10.6. The van der Waals surface area contributed by atoms with Gasteiger partial charge in [0.05, 0.1) is 0 Å². The number of hydrogen-bond acceptors (Lipinski definition) is 2. The van der Waals surface area contributed by atoms with Gasteiger partial charge in [0.15, 0.2) is 0 Å². The van der Waals surface area contributed by atoms with Crippen LogP contribution in [0.1, 0.15) is 90.0 Å². The average Bonchev–Trinajstić information content (AvgIpc) is 2.11. The fraction of sp³-hybridized carbons (Fsp3) is 1.00. The van der Waals surface area contributed by atoms with Crippen LogP contribution in [0.4, 0.5) is 0 Å². The van der Waals surface area contributed by atoms with E-state index in [1.54, 1.807) is 0 Å². The Morgan fingerprint density at radius 2 is 0.909 bits per heavy atom. The van der Waals surface area contributed by atoms with Crippen LogP contribution in [0.3, 0.4) is 0 Å². The van der Waals surface area contributed by atoms with Crippen LogP contribution in [0.25, 0.3) is 0 Å². The highest BCUT2D eigenvalue weighted by Crippen LogP contribution is 2.23. The second-order valence-corrected chi connectivity index (χ2v) is 10.1. The molecule has 0 amide bonds. The van der Waals surface area contributed by atoms with Crippen molar-refractivity contribution in [1.29, 1.82) is 0 Å². The van der Waals surface area contributed by atoms with Crippen molar-refractivity contribution in [3.05, 3.63) is 0 Å². The third-order valence-corrected chi connectivity index (χ3v) is 3.80. The number of rotatable bonds is 1. The van der Waals surface area contributed by atoms with Crippen molar-refractivity contribution in [2.75, 3.05) is 14.1 Å². The summed E-state index contributed by atoms with van der Waals surface area (Å²) in [6.07, 6.45) is 0. The van der Waals surface area contributed by atoms with Gasteiger partial charge in [0.2, 0.25) is 0 Å². The lowest BCUT2D eigenvalue weighted by atomic mass is 9.84. The Morgan fingerprint density at radius 3 is 0.909 bits per heavy atom. The summed E-state index contributed by atoms with van der Waals surface area (Å²) in [6.45, 7) is 28.7. The third kappa shape index (κ3) is 24.9. The Kier molecular flexibility index (Phi) is 13.0. The molecule has 0 saturated heterocycles. The van der Waals surface area contributed by atoms with Crippen LogP contribution in [0.5, 0.6) is 0 Å². The number of hydrogen-bond donors (Lipinski definition) is 1. The highest BCUT2D eigenvalue weighted by molar-refractivity contribution is 4.72. The smallest absolute Gasteiger partial charge is 0.0118 e. The normalized spacial score (nSPS) is 12.8. The van der Waals surface area contributed by atoms with Crippen LogP contribution in [0.2, 0.25) is 0 Å². The molecule has 0 aliphatic rings. The molecule has 22 heavy (non-hydrogen) atoms. The standard InChI is InChI=1S/C7H17N.C7H16.C6H15N/c1-6(2)8-7(3,4)5;1-6(2)7(3,4)5;1-6(2,3)7(4)5/h6,8H,1-5H3;6H,1-5H3;1-5H3. The molecule has 0 fully saturated rings. The molecule has 0 atom stereocenters. The Hall–Kier alpha value is -0.0800. The highest BCUT2D eigenvalue weighted by atomic mass is 15.1. The minimum atomic E-state index is 0.272. The molecule has 0 rings (SSSR count). The topological polar surface area (TPSA) is 15.3 Å². The molecule has 2 heteroatoms. The second-order valence-electron chi connectivity index (χ2n) is 10.1. The van der Waals surface area contributed by atoms with Crippen molar-refractivity contribution < 1.29 is 0 Å². The molecular formula is C20H48N2. The van der Waals surface area contributed by atoms with Gasteiger partial charge in [0.1, 0.15) is 0 Å². The maximum absolute atomic E-state index is 3.38. The van der Waals surface area contributed by atoms with Gasteiger partial charge >= 0.3 is 0 Å². The van der Waals surface area contributed by atoms with Crippen LogP contribution in [0.15, 0.2) is 0 Å². The summed E-state index contributed by atoms with van der Waals surface area (Å²) in [5.74, 6) is 0.799. The molecule has 0 aromatic carbocycles. The molecule has 0 spiro atoms. The molecule has 0 aliphatic carbocycles. The first-order valence-electron chi connectivity index (χ1n) is 8.75. The summed E-state index contributed by atoms with van der Waals surface area (Å²) in [4.78, 5) is 2.19. The number of nitrogens with zero attached hydrogens (tertiary/aromatic N) is 1. The summed E-state index contributed by atoms with van der Waals surface area (Å²) in [5, 5.41) is 3.38. The van der Waals surface area contributed by atoms with Crippen molar-refractivity contribution in [1.82, 2.24) is 10.2 Å². The molecule has 0 aromatic rings. The quantitative estimate of drug-likeness (QED) is 0.656. The van der Waals surface area contributed by atoms with Crippen LogP contribution in [0, 0.1) is 11.3 Å². The van der Waals surface area contributed by atoms with E-state index in [0.717, 1.165) is 5.92 Å². The van der Waals surface area contributed by atoms with Crippen LogP contribution < -0.4 is 5.32 Å². The summed E-state index contributed by atoms with van der Waals surface area (Å²) in [6, 6.07) is 0.593. The molecule has 1 N–H and O–H groups in total. The van der Waals surface area contributed by atoms with Crippen molar-refractivity contribution in [3.8, 4) is 0 Å². The van der Waals surface area contributed by atoms with Gasteiger partial charge in [-0.2, -0.15) is 0 Å². The minimum absolute atomic E-state index is 0.272. The van der Waals surface area contributed by atoms with E-state index >= 15 is 0 Å². The predicted octanol–water partition coefficient (Wildman–Crippen LogP) is 5.82. The van der Waals surface area contributed by atoms with Crippen LogP contribution in [-0.2, 0) is 0 Å². The maximum atomic E-state index is 3.38. The Balaban J connectivity index is -0.000000247. The van der Waals surface area contributed by atoms with Gasteiger partial charge in [-0.15, -0.1) is 0 Å². The fourth-order valence-electron chi connectivity index (χ4n) is 0.866. The molecule has 0 aromatic heterocycles. The van der Waals surface area contributed by atoms with E-state index in [2.05, 4.69) is 114 Å². The lowest BCUT2D eigenvalue weighted by Crippen LogP contribution is -2.40. The lowest BCUT2D eigenvalue weighted by molar-refractivity contribution is 0.219. The predicted molar refractivity (Wildman–Crippen MR) is 106 cm³/mol. The van der Waals surface area contributed by atoms with E-state index < -0.39 is 0 Å². The molecule has 2 nitrogen and oxygen atoms in total. The third-order valence-electron chi connectivity index (χ3n) is 3.80. The molecule has 0 radical (unpaired) electrons. The summed E-state index contributed by atoms with van der Waals surface area (Å²) in [7, 11) is 4.17. The summed E-state index contributed by atoms with van der Waals surface area (Å²) < 4.78 is 0. The maximum Gasteiger partial charge on any atom is 0.0118 e. The van der Waals surface area contributed by atoms with Gasteiger partial charge < -0.3 is 10.2 Å². The van der Waals surface area contributed by atoms with Crippen LogP contribution >= 0.6 is 0 Å². The van der Waals surface area contributed by atoms with Crippen molar-refractivity contribution in [2.24, 2.45) is 11.3 Å². The van der Waals surface area contributed by atoms with Gasteiger partial charge in [-0.3, -0.25) is 0 Å². The molecule has 0 heterocycles. The van der Waals surface area contributed by atoms with Gasteiger partial charge in [0, 0.05) is 17.1 Å². The van der Waals surface area contributed by atoms with E-state index in [9.17, 15) is 0 Å². The van der Waals surface area contributed by atoms with Gasteiger partial charge in [-0.25, -0.2) is 0 Å². The minimum Gasteiger partial charge on any atom is -0.310 e. The monoisotopic (exact) mass is 316 g/mol. The van der Waals surface area contributed by atoms with Crippen LogP contribution in [-0.4, -0.2) is 36.1 Å². The van der Waals surface area contributed by atoms with Crippen molar-refractivity contribution >= 4 is 0 Å². The van der Waals surface area contributed by atoms with Gasteiger partial charge in [-0.05, 0) is 67.0 Å². The summed E-state index contributed by atoms with van der Waals surface area (Å²) >= 11 is 0. The average molecular weight is 317 g/mol. The first-order chi connectivity index (χ1) is 9.30. The lowest BCUT2D eigenvalue weighted by Gasteiger charge is -2.27. The van der Waals surface area contributed by atoms with E-state index in [1.165, 1.54) is 0 Å². The molecule has 0 saturated carbocycles. The molecular weight excluding hydrogens is 268 g/mol. The van der Waals surface area contributed by atoms with E-state index in [0.29, 0.717) is 17.0 Å². The van der Waals surface area contributed by atoms with Crippen molar-refractivity contribution in [3.63, 3.8) is 0 Å². The number of nitrogens with one attached hydrogen (secondary N) is 1. The van der Waals surface area contributed by atoms with Gasteiger partial charge in [-0.1, -0.05) is 48.5 Å². The zero-order chi connectivity index (χ0) is 18.9. The van der Waals surface area contributed by atoms with Gasteiger partial charge in [0.25, 0.3) is 0 Å². The highest BCUT2D eigenvalue weighted by Gasteiger charge is 2.13. The largest absolute Gasteiger partial charge is 0.310 e. The van der Waals surface area contributed by atoms with E-state index in [4.69, 9.17) is 0 Å². The zero-order valence-corrected chi connectivity index (χ0v) is 18.6. The Labute approximate surface area is 143 Å². The van der Waals surface area contributed by atoms with E-state index in [1.807, 2.05) is 0 Å². The molecule has 0 unspecified atom stereocenters. The molecule has 0 bridgehead atoms. The Morgan fingerprint density at radius 1 is 0.682 bits per heavy atom. The van der Waals surface area contributed by atoms with E-state index in [-0.39, 0.29) is 5.54 Å². The Bertz CT molecular complexity index is 226. The first kappa shape index (κ1) is 26.8. The zero-order valence-electron chi connectivity index (χ0n) is 18.6.